The van der Waals surface area contributed by atoms with E-state index in [4.69, 9.17) is 0 Å². The quantitative estimate of drug-likeness (QED) is 0.233. The number of unbranched alkanes of at least 4 members (excludes halogenated alkanes) is 9. The van der Waals surface area contributed by atoms with Gasteiger partial charge in [0.2, 0.25) is 0 Å². The molecule has 1 atom stereocenters. The summed E-state index contributed by atoms with van der Waals surface area (Å²) < 4.78 is 0. The van der Waals surface area contributed by atoms with Gasteiger partial charge in [-0.3, -0.25) is 9.59 Å². The number of aliphatic hydroxyl groups excluding tert-OH is 1. The fourth-order valence-corrected chi connectivity index (χ4v) is 3.74. The Morgan fingerprint density at radius 3 is 2.04 bits per heavy atom. The van der Waals surface area contributed by atoms with E-state index in [-0.39, 0.29) is 22.9 Å². The molecular formula is C25H34O3. The lowest BCUT2D eigenvalue weighted by molar-refractivity contribution is -0.119. The van der Waals surface area contributed by atoms with E-state index in [1.54, 1.807) is 24.3 Å². The van der Waals surface area contributed by atoms with Crippen LogP contribution in [0, 0.1) is 5.92 Å². The van der Waals surface area contributed by atoms with Crippen LogP contribution in [0.1, 0.15) is 87.9 Å². The summed E-state index contributed by atoms with van der Waals surface area (Å²) in [5.74, 6) is -0.987. The highest BCUT2D eigenvalue weighted by Gasteiger charge is 2.31. The van der Waals surface area contributed by atoms with Crippen LogP contribution >= 0.6 is 0 Å². The normalized spacial score (nSPS) is 16.6. The second-order valence-corrected chi connectivity index (χ2v) is 7.75. The van der Waals surface area contributed by atoms with E-state index in [0.717, 1.165) is 12.8 Å². The number of benzene rings is 1. The van der Waals surface area contributed by atoms with Crippen molar-refractivity contribution in [3.63, 3.8) is 0 Å². The van der Waals surface area contributed by atoms with Crippen molar-refractivity contribution in [2.75, 3.05) is 0 Å². The number of hydrogen-bond acceptors (Lipinski definition) is 3. The molecule has 0 radical (unpaired) electrons. The first-order chi connectivity index (χ1) is 13.6. The van der Waals surface area contributed by atoms with Crippen molar-refractivity contribution in [2.24, 2.45) is 5.92 Å². The Morgan fingerprint density at radius 2 is 1.43 bits per heavy atom. The van der Waals surface area contributed by atoms with Crippen molar-refractivity contribution in [2.45, 2.75) is 77.6 Å². The molecule has 0 bridgehead atoms. The highest BCUT2D eigenvalue weighted by atomic mass is 16.3. The molecule has 0 aliphatic heterocycles. The number of rotatable bonds is 13. The molecule has 152 valence electrons. The molecule has 1 aliphatic carbocycles. The molecule has 0 spiro atoms. The van der Waals surface area contributed by atoms with Gasteiger partial charge in [-0.2, -0.15) is 0 Å². The summed E-state index contributed by atoms with van der Waals surface area (Å²) in [4.78, 5) is 25.4. The molecule has 1 unspecified atom stereocenters. The molecular weight excluding hydrogens is 348 g/mol. The maximum absolute atomic E-state index is 12.8. The van der Waals surface area contributed by atoms with E-state index in [1.807, 2.05) is 6.07 Å². The zero-order valence-corrected chi connectivity index (χ0v) is 17.2. The van der Waals surface area contributed by atoms with E-state index in [1.165, 1.54) is 63.5 Å². The van der Waals surface area contributed by atoms with Gasteiger partial charge in [0.1, 0.15) is 5.76 Å². The van der Waals surface area contributed by atoms with Gasteiger partial charge in [0.05, 0.1) is 11.5 Å². The van der Waals surface area contributed by atoms with Gasteiger partial charge < -0.3 is 5.11 Å². The lowest BCUT2D eigenvalue weighted by Crippen LogP contribution is -2.26. The van der Waals surface area contributed by atoms with Gasteiger partial charge in [-0.1, -0.05) is 101 Å². The maximum atomic E-state index is 12.8. The first-order valence-corrected chi connectivity index (χ1v) is 10.9. The van der Waals surface area contributed by atoms with E-state index >= 15 is 0 Å². The third-order valence-electron chi connectivity index (χ3n) is 5.49. The fraction of sp³-hybridized carbons (Fsp3) is 0.520. The Kier molecular flexibility index (Phi) is 9.74. The average Bonchev–Trinajstić information content (AvgIpc) is 2.71. The largest absolute Gasteiger partial charge is 0.512 e. The smallest absolute Gasteiger partial charge is 0.196 e. The van der Waals surface area contributed by atoms with Gasteiger partial charge in [0, 0.05) is 5.56 Å². The van der Waals surface area contributed by atoms with Crippen molar-refractivity contribution in [3.8, 4) is 0 Å². The van der Waals surface area contributed by atoms with E-state index in [2.05, 4.69) is 6.92 Å². The van der Waals surface area contributed by atoms with Crippen LogP contribution in [0.25, 0.3) is 0 Å². The minimum absolute atomic E-state index is 0.0885. The Labute approximate surface area is 169 Å². The lowest BCUT2D eigenvalue weighted by atomic mass is 9.84. The van der Waals surface area contributed by atoms with Gasteiger partial charge in [-0.05, 0) is 18.6 Å². The Morgan fingerprint density at radius 1 is 0.857 bits per heavy atom. The van der Waals surface area contributed by atoms with E-state index in [0.29, 0.717) is 12.0 Å². The van der Waals surface area contributed by atoms with Crippen LogP contribution in [0.15, 0.2) is 53.8 Å². The second-order valence-electron chi connectivity index (χ2n) is 7.75. The molecule has 1 aromatic rings. The van der Waals surface area contributed by atoms with Crippen LogP contribution in [-0.4, -0.2) is 16.7 Å². The number of ketones is 2. The standard InChI is InChI=1S/C25H34O3/c1-2-3-4-5-6-7-8-9-10-14-17-21-23(26)19-18-22(25(21)28)24(27)20-15-12-11-13-16-20/h11-13,15-16,18-19,21,26H,2-10,14,17H2,1H3. The molecule has 1 N–H and O–H groups in total. The first kappa shape index (κ1) is 22.1. The highest BCUT2D eigenvalue weighted by molar-refractivity contribution is 6.27. The second kappa shape index (κ2) is 12.3. The summed E-state index contributed by atoms with van der Waals surface area (Å²) in [6.07, 6.45) is 15.9. The summed E-state index contributed by atoms with van der Waals surface area (Å²) in [7, 11) is 0. The number of Topliss-reactive ketones (excluding diaryl/α,β-unsaturated/α-hetero) is 2. The first-order valence-electron chi connectivity index (χ1n) is 10.9. The number of hydrogen-bond donors (Lipinski definition) is 1. The van der Waals surface area contributed by atoms with Crippen LogP contribution < -0.4 is 0 Å². The molecule has 0 saturated heterocycles. The van der Waals surface area contributed by atoms with Gasteiger partial charge >= 0.3 is 0 Å². The molecule has 2 rings (SSSR count). The minimum atomic E-state index is -0.568. The number of carbonyl (C=O) groups is 2. The lowest BCUT2D eigenvalue weighted by Gasteiger charge is -2.19. The molecule has 0 fully saturated rings. The van der Waals surface area contributed by atoms with Crippen LogP contribution in [0.3, 0.4) is 0 Å². The average molecular weight is 383 g/mol. The van der Waals surface area contributed by atoms with Gasteiger partial charge in [0.25, 0.3) is 0 Å². The SMILES string of the molecule is CCCCCCCCCCCCC1C(=O)C(C(=O)c2ccccc2)=CC=C1O. The van der Waals surface area contributed by atoms with Gasteiger partial charge in [0.15, 0.2) is 11.6 Å². The molecule has 1 aromatic carbocycles. The third kappa shape index (κ3) is 6.78. The zero-order chi connectivity index (χ0) is 20.2. The monoisotopic (exact) mass is 382 g/mol. The molecule has 0 aromatic heterocycles. The molecule has 0 saturated carbocycles. The van der Waals surface area contributed by atoms with Crippen LogP contribution in [0.4, 0.5) is 0 Å². The van der Waals surface area contributed by atoms with Crippen molar-refractivity contribution >= 4 is 11.6 Å². The summed E-state index contributed by atoms with van der Waals surface area (Å²) in [6.45, 7) is 2.24. The van der Waals surface area contributed by atoms with Crippen molar-refractivity contribution in [1.29, 1.82) is 0 Å². The zero-order valence-electron chi connectivity index (χ0n) is 17.2. The molecule has 3 heteroatoms. The predicted molar refractivity (Wildman–Crippen MR) is 115 cm³/mol. The molecule has 1 aliphatic rings. The van der Waals surface area contributed by atoms with Crippen molar-refractivity contribution in [1.82, 2.24) is 0 Å². The predicted octanol–water partition coefficient (Wildman–Crippen LogP) is 6.75. The summed E-state index contributed by atoms with van der Waals surface area (Å²) in [6, 6.07) is 8.84. The van der Waals surface area contributed by atoms with Crippen molar-refractivity contribution < 1.29 is 14.7 Å². The van der Waals surface area contributed by atoms with E-state index < -0.39 is 5.92 Å². The highest BCUT2D eigenvalue weighted by Crippen LogP contribution is 2.27. The molecule has 0 heterocycles. The third-order valence-corrected chi connectivity index (χ3v) is 5.49. The van der Waals surface area contributed by atoms with E-state index in [9.17, 15) is 14.7 Å². The van der Waals surface area contributed by atoms with Gasteiger partial charge in [-0.25, -0.2) is 0 Å². The topological polar surface area (TPSA) is 54.4 Å². The number of carbonyl (C=O) groups excluding carboxylic acids is 2. The fourth-order valence-electron chi connectivity index (χ4n) is 3.74. The summed E-state index contributed by atoms with van der Waals surface area (Å²) in [5.41, 5.74) is 0.690. The number of aliphatic hydroxyl groups is 1. The molecule has 0 amide bonds. The van der Waals surface area contributed by atoms with Crippen molar-refractivity contribution in [3.05, 3.63) is 59.4 Å². The van der Waals surface area contributed by atoms with Crippen LogP contribution in [0.2, 0.25) is 0 Å². The van der Waals surface area contributed by atoms with Crippen LogP contribution in [-0.2, 0) is 4.79 Å². The number of allylic oxidation sites excluding steroid dienone is 4. The van der Waals surface area contributed by atoms with Gasteiger partial charge in [-0.15, -0.1) is 0 Å². The summed E-state index contributed by atoms with van der Waals surface area (Å²) in [5, 5.41) is 10.1. The van der Waals surface area contributed by atoms with Crippen LogP contribution in [0.5, 0.6) is 0 Å². The Hall–Kier alpha value is -2.16. The Balaban J connectivity index is 1.73. The Bertz CT molecular complexity index is 685. The molecule has 28 heavy (non-hydrogen) atoms. The minimum Gasteiger partial charge on any atom is -0.512 e. The maximum Gasteiger partial charge on any atom is 0.196 e. The summed E-state index contributed by atoms with van der Waals surface area (Å²) >= 11 is 0. The molecule has 3 nitrogen and oxygen atoms in total.